The molecule has 22 heavy (non-hydrogen) atoms. The van der Waals surface area contributed by atoms with Crippen molar-refractivity contribution in [3.05, 3.63) is 39.6 Å². The van der Waals surface area contributed by atoms with Crippen molar-refractivity contribution in [1.82, 2.24) is 0 Å². The Kier molecular flexibility index (Phi) is 4.83. The summed E-state index contributed by atoms with van der Waals surface area (Å²) >= 11 is 19.1. The minimum absolute atomic E-state index is 0.0259. The van der Waals surface area contributed by atoms with Crippen LogP contribution in [0.2, 0.25) is 10.0 Å². The van der Waals surface area contributed by atoms with Crippen LogP contribution in [0, 0.1) is 11.8 Å². The van der Waals surface area contributed by atoms with Crippen LogP contribution in [0.25, 0.3) is 5.57 Å². The topological polar surface area (TPSA) is 26.3 Å². The van der Waals surface area contributed by atoms with Crippen LogP contribution >= 0.6 is 47.2 Å². The third-order valence-electron chi connectivity index (χ3n) is 4.26. The largest absolute Gasteiger partial charge is 0.443 e. The van der Waals surface area contributed by atoms with Crippen molar-refractivity contribution >= 4 is 62.9 Å². The fraction of sp³-hybridized carbons (Fsp3) is 0.375. The molecular weight excluding hydrogens is 359 g/mol. The second kappa shape index (κ2) is 6.52. The van der Waals surface area contributed by atoms with Gasteiger partial charge in [-0.05, 0) is 43.4 Å². The molecule has 2 aliphatic carbocycles. The van der Waals surface area contributed by atoms with Gasteiger partial charge >= 0.3 is 0 Å². The molecule has 2 unspecified atom stereocenters. The second-order valence-corrected chi connectivity index (χ2v) is 7.62. The van der Waals surface area contributed by atoms with Gasteiger partial charge in [-0.1, -0.05) is 47.5 Å². The van der Waals surface area contributed by atoms with E-state index >= 15 is 0 Å². The molecule has 6 heteroatoms. The van der Waals surface area contributed by atoms with E-state index < -0.39 is 0 Å². The molecule has 0 amide bonds. The molecule has 0 spiro atoms. The molecule has 0 heterocycles. The van der Waals surface area contributed by atoms with Crippen molar-refractivity contribution in [3.8, 4) is 0 Å². The molecule has 2 nitrogen and oxygen atoms in total. The fourth-order valence-corrected chi connectivity index (χ4v) is 4.17. The van der Waals surface area contributed by atoms with E-state index in [0.717, 1.165) is 19.3 Å². The van der Waals surface area contributed by atoms with Gasteiger partial charge in [0.2, 0.25) is 4.38 Å². The highest BCUT2D eigenvalue weighted by atomic mass is 35.5. The van der Waals surface area contributed by atoms with Gasteiger partial charge in [-0.25, -0.2) is 0 Å². The molecule has 0 bridgehead atoms. The van der Waals surface area contributed by atoms with Gasteiger partial charge in [0.15, 0.2) is 5.78 Å². The lowest BCUT2D eigenvalue weighted by molar-refractivity contribution is -0.117. The quantitative estimate of drug-likeness (QED) is 0.652. The van der Waals surface area contributed by atoms with Crippen molar-refractivity contribution in [1.29, 1.82) is 0 Å². The van der Waals surface area contributed by atoms with Gasteiger partial charge in [0.1, 0.15) is 5.76 Å². The Morgan fingerprint density at radius 1 is 1.27 bits per heavy atom. The molecular formula is C16H14Cl2O2S2. The van der Waals surface area contributed by atoms with Crippen molar-refractivity contribution in [2.75, 3.05) is 6.26 Å². The standard InChI is InChI=1S/C16H14Cl2O2S2/c1-22-16(21)20-15-9-5-2-4-8(9)14(19)13(15)12-10(17)6-3-7-11(12)18/h3,6-9H,2,4-5H2,1H3. The van der Waals surface area contributed by atoms with Gasteiger partial charge in [0.05, 0.1) is 15.6 Å². The zero-order valence-electron chi connectivity index (χ0n) is 11.9. The number of benzene rings is 1. The predicted octanol–water partition coefficient (Wildman–Crippen LogP) is 5.37. The zero-order valence-corrected chi connectivity index (χ0v) is 15.0. The molecule has 2 aliphatic rings. The van der Waals surface area contributed by atoms with Crippen LogP contribution in [-0.4, -0.2) is 16.4 Å². The van der Waals surface area contributed by atoms with Crippen molar-refractivity contribution in [3.63, 3.8) is 0 Å². The number of carbonyl (C=O) groups is 1. The third kappa shape index (κ3) is 2.71. The van der Waals surface area contributed by atoms with E-state index in [1.165, 1.54) is 11.8 Å². The molecule has 0 saturated heterocycles. The Balaban J connectivity index is 2.16. The molecule has 0 aliphatic heterocycles. The Morgan fingerprint density at radius 2 is 1.91 bits per heavy atom. The number of fused-ring (bicyclic) bond motifs is 1. The molecule has 2 atom stereocenters. The van der Waals surface area contributed by atoms with Crippen LogP contribution in [0.5, 0.6) is 0 Å². The zero-order chi connectivity index (χ0) is 15.9. The Labute approximate surface area is 149 Å². The number of halogens is 2. The second-order valence-electron chi connectivity index (χ2n) is 5.40. The lowest BCUT2D eigenvalue weighted by Gasteiger charge is -2.15. The molecule has 1 aromatic rings. The molecule has 0 radical (unpaired) electrons. The van der Waals surface area contributed by atoms with Crippen molar-refractivity contribution < 1.29 is 9.53 Å². The number of thiocarbonyl (C=S) groups is 1. The minimum Gasteiger partial charge on any atom is -0.443 e. The van der Waals surface area contributed by atoms with E-state index in [0.29, 0.717) is 31.3 Å². The average molecular weight is 373 g/mol. The summed E-state index contributed by atoms with van der Waals surface area (Å²) in [6.07, 6.45) is 4.71. The highest BCUT2D eigenvalue weighted by molar-refractivity contribution is 8.22. The van der Waals surface area contributed by atoms with Crippen LogP contribution < -0.4 is 0 Å². The smallest absolute Gasteiger partial charge is 0.225 e. The molecule has 1 aromatic carbocycles. The number of thioether (sulfide) groups is 1. The summed E-state index contributed by atoms with van der Waals surface area (Å²) in [5, 5.41) is 0.930. The maximum atomic E-state index is 12.9. The summed E-state index contributed by atoms with van der Waals surface area (Å²) in [5.74, 6) is 0.806. The number of carbonyl (C=O) groups excluding carboxylic acids is 1. The first-order chi connectivity index (χ1) is 10.5. The Hall–Kier alpha value is -0.550. The maximum Gasteiger partial charge on any atom is 0.225 e. The number of hydrogen-bond acceptors (Lipinski definition) is 4. The summed E-state index contributed by atoms with van der Waals surface area (Å²) < 4.78 is 6.27. The first-order valence-corrected chi connectivity index (χ1v) is 9.42. The van der Waals surface area contributed by atoms with Gasteiger partial charge < -0.3 is 4.74 Å². The third-order valence-corrected chi connectivity index (χ3v) is 5.88. The summed E-state index contributed by atoms with van der Waals surface area (Å²) in [6.45, 7) is 0. The van der Waals surface area contributed by atoms with Gasteiger partial charge in [0.25, 0.3) is 0 Å². The SMILES string of the molecule is CSC(=S)OC1=C(c2c(Cl)cccc2Cl)C(=O)C2CCCC12. The van der Waals surface area contributed by atoms with E-state index in [-0.39, 0.29) is 17.6 Å². The van der Waals surface area contributed by atoms with Crippen LogP contribution in [0.15, 0.2) is 24.0 Å². The fourth-order valence-electron chi connectivity index (χ4n) is 3.32. The van der Waals surface area contributed by atoms with Crippen LogP contribution in [0.1, 0.15) is 24.8 Å². The molecule has 1 fully saturated rings. The van der Waals surface area contributed by atoms with Gasteiger partial charge in [0, 0.05) is 17.4 Å². The van der Waals surface area contributed by atoms with Crippen LogP contribution in [-0.2, 0) is 9.53 Å². The van der Waals surface area contributed by atoms with Crippen molar-refractivity contribution in [2.45, 2.75) is 19.3 Å². The molecule has 0 aromatic heterocycles. The number of hydrogen-bond donors (Lipinski definition) is 0. The van der Waals surface area contributed by atoms with E-state index in [1.807, 2.05) is 6.26 Å². The van der Waals surface area contributed by atoms with Gasteiger partial charge in [-0.3, -0.25) is 4.79 Å². The Morgan fingerprint density at radius 3 is 2.55 bits per heavy atom. The number of Topliss-reactive ketones (excluding diaryl/α,β-unsaturated/α-hetero) is 1. The van der Waals surface area contributed by atoms with E-state index in [9.17, 15) is 4.79 Å². The monoisotopic (exact) mass is 372 g/mol. The minimum atomic E-state index is -0.0259. The lowest BCUT2D eigenvalue weighted by Crippen LogP contribution is -2.12. The first kappa shape index (κ1) is 16.3. The van der Waals surface area contributed by atoms with E-state index in [2.05, 4.69) is 0 Å². The predicted molar refractivity (Wildman–Crippen MR) is 96.4 cm³/mol. The number of rotatable bonds is 2. The molecule has 3 rings (SSSR count). The first-order valence-electron chi connectivity index (χ1n) is 7.03. The summed E-state index contributed by atoms with van der Waals surface area (Å²) in [5.41, 5.74) is 1.09. The number of ether oxygens (including phenoxy) is 1. The summed E-state index contributed by atoms with van der Waals surface area (Å²) in [6, 6.07) is 5.24. The highest BCUT2D eigenvalue weighted by Gasteiger charge is 2.47. The number of ketones is 1. The highest BCUT2D eigenvalue weighted by Crippen LogP contribution is 2.51. The number of allylic oxidation sites excluding steroid dienone is 2. The van der Waals surface area contributed by atoms with Crippen molar-refractivity contribution in [2.24, 2.45) is 11.8 Å². The Bertz CT molecular complexity index is 664. The maximum absolute atomic E-state index is 12.9. The van der Waals surface area contributed by atoms with Crippen LogP contribution in [0.4, 0.5) is 0 Å². The molecule has 116 valence electrons. The lowest BCUT2D eigenvalue weighted by atomic mass is 9.96. The van der Waals surface area contributed by atoms with E-state index in [1.54, 1.807) is 18.2 Å². The van der Waals surface area contributed by atoms with Gasteiger partial charge in [-0.15, -0.1) is 0 Å². The summed E-state index contributed by atoms with van der Waals surface area (Å²) in [7, 11) is 0. The normalized spacial score (nSPS) is 23.9. The average Bonchev–Trinajstić information content (AvgIpc) is 3.05. The van der Waals surface area contributed by atoms with Gasteiger partial charge in [-0.2, -0.15) is 0 Å². The van der Waals surface area contributed by atoms with E-state index in [4.69, 9.17) is 40.2 Å². The van der Waals surface area contributed by atoms with Crippen LogP contribution in [0.3, 0.4) is 0 Å². The summed E-state index contributed by atoms with van der Waals surface area (Å²) in [4.78, 5) is 12.9. The molecule has 0 N–H and O–H groups in total. The molecule has 1 saturated carbocycles.